The first-order valence-corrected chi connectivity index (χ1v) is 16.8. The smallest absolute Gasteiger partial charge is 0.244 e. The second-order valence-electron chi connectivity index (χ2n) is 11.1. The number of amides is 2. The number of hydrogen-bond acceptors (Lipinski definition) is 5. The van der Waals surface area contributed by atoms with Crippen LogP contribution in [-0.2, 0) is 32.6 Å². The van der Waals surface area contributed by atoms with Crippen molar-refractivity contribution in [3.05, 3.63) is 94.5 Å². The van der Waals surface area contributed by atoms with E-state index in [0.29, 0.717) is 5.02 Å². The Bertz CT molecular complexity index is 1490. The first kappa shape index (κ1) is 32.4. The normalized spacial score (nSPS) is 14.5. The number of nitrogens with zero attached hydrogens (tertiary/aromatic N) is 2. The fraction of sp³-hybridized carbons (Fsp3) is 0.394. The van der Waals surface area contributed by atoms with Gasteiger partial charge in [0.15, 0.2) is 0 Å². The zero-order valence-electron chi connectivity index (χ0n) is 25.0. The number of rotatable bonds is 12. The van der Waals surface area contributed by atoms with E-state index in [2.05, 4.69) is 5.32 Å². The fourth-order valence-electron chi connectivity index (χ4n) is 5.44. The van der Waals surface area contributed by atoms with E-state index in [4.69, 9.17) is 16.3 Å². The van der Waals surface area contributed by atoms with Gasteiger partial charge in [0.05, 0.1) is 19.1 Å². The molecule has 1 atom stereocenters. The summed E-state index contributed by atoms with van der Waals surface area (Å²) in [5, 5.41) is 3.50. The average molecular weight is 626 g/mol. The molecular formula is C33H40ClN3O5S. The van der Waals surface area contributed by atoms with Gasteiger partial charge in [0, 0.05) is 24.0 Å². The number of carbonyl (C=O) groups is 2. The highest BCUT2D eigenvalue weighted by Gasteiger charge is 2.34. The molecule has 4 rings (SSSR count). The molecule has 1 fully saturated rings. The first-order valence-electron chi connectivity index (χ1n) is 14.6. The minimum absolute atomic E-state index is 0.0408. The Kier molecular flexibility index (Phi) is 11.1. The summed E-state index contributed by atoms with van der Waals surface area (Å²) in [6.07, 6.45) is 6.33. The number of aryl methyl sites for hydroxylation is 1. The SMILES string of the molecule is COc1ccc(Cl)cc1N(CC(=O)N(Cc1ccc(C)cc1)[C@H](Cc1ccccc1)C(=O)NC1CCCCC1)S(C)(=O)=O. The highest BCUT2D eigenvalue weighted by Crippen LogP contribution is 2.33. The van der Waals surface area contributed by atoms with E-state index in [0.717, 1.165) is 59.4 Å². The van der Waals surface area contributed by atoms with Crippen molar-refractivity contribution in [1.29, 1.82) is 0 Å². The summed E-state index contributed by atoms with van der Waals surface area (Å²) < 4.78 is 32.6. The van der Waals surface area contributed by atoms with Crippen molar-refractivity contribution in [2.45, 2.75) is 64.1 Å². The third-order valence-electron chi connectivity index (χ3n) is 7.78. The Hall–Kier alpha value is -3.56. The van der Waals surface area contributed by atoms with Crippen LogP contribution in [-0.4, -0.2) is 57.1 Å². The second kappa shape index (κ2) is 14.8. The lowest BCUT2D eigenvalue weighted by Gasteiger charge is -2.35. The highest BCUT2D eigenvalue weighted by molar-refractivity contribution is 7.92. The molecule has 230 valence electrons. The van der Waals surface area contributed by atoms with Crippen LogP contribution in [0.4, 0.5) is 5.69 Å². The lowest BCUT2D eigenvalue weighted by molar-refractivity contribution is -0.140. The third kappa shape index (κ3) is 8.97. The largest absolute Gasteiger partial charge is 0.495 e. The molecule has 3 aromatic rings. The minimum Gasteiger partial charge on any atom is -0.495 e. The molecule has 0 saturated heterocycles. The van der Waals surface area contributed by atoms with Gasteiger partial charge in [-0.05, 0) is 49.1 Å². The molecule has 0 spiro atoms. The van der Waals surface area contributed by atoms with Crippen molar-refractivity contribution < 1.29 is 22.7 Å². The maximum atomic E-state index is 14.3. The number of methoxy groups -OCH3 is 1. The van der Waals surface area contributed by atoms with Crippen molar-refractivity contribution >= 4 is 39.1 Å². The van der Waals surface area contributed by atoms with Crippen LogP contribution in [0.3, 0.4) is 0 Å². The van der Waals surface area contributed by atoms with Gasteiger partial charge in [-0.3, -0.25) is 13.9 Å². The lowest BCUT2D eigenvalue weighted by atomic mass is 9.94. The van der Waals surface area contributed by atoms with Gasteiger partial charge >= 0.3 is 0 Å². The van der Waals surface area contributed by atoms with Crippen LogP contribution in [0.5, 0.6) is 5.75 Å². The van der Waals surface area contributed by atoms with Crippen LogP contribution in [0.15, 0.2) is 72.8 Å². The molecule has 1 aliphatic carbocycles. The zero-order chi connectivity index (χ0) is 31.0. The third-order valence-corrected chi connectivity index (χ3v) is 9.15. The number of ether oxygens (including phenoxy) is 1. The lowest BCUT2D eigenvalue weighted by Crippen LogP contribution is -2.55. The summed E-state index contributed by atoms with van der Waals surface area (Å²) in [5.74, 6) is -0.515. The molecule has 0 bridgehead atoms. The van der Waals surface area contributed by atoms with Crippen LogP contribution in [0.25, 0.3) is 0 Å². The van der Waals surface area contributed by atoms with E-state index in [1.165, 1.54) is 18.1 Å². The zero-order valence-corrected chi connectivity index (χ0v) is 26.5. The van der Waals surface area contributed by atoms with Crippen LogP contribution >= 0.6 is 11.6 Å². The summed E-state index contributed by atoms with van der Waals surface area (Å²) in [6, 6.07) is 21.0. The van der Waals surface area contributed by atoms with Crippen molar-refractivity contribution in [3.63, 3.8) is 0 Å². The second-order valence-corrected chi connectivity index (χ2v) is 13.5. The van der Waals surface area contributed by atoms with Crippen molar-refractivity contribution in [3.8, 4) is 5.75 Å². The Morgan fingerprint density at radius 1 is 0.977 bits per heavy atom. The van der Waals surface area contributed by atoms with E-state index in [9.17, 15) is 18.0 Å². The van der Waals surface area contributed by atoms with Crippen molar-refractivity contribution in [1.82, 2.24) is 10.2 Å². The number of anilines is 1. The number of carbonyl (C=O) groups excluding carboxylic acids is 2. The molecule has 0 unspecified atom stereocenters. The quantitative estimate of drug-likeness (QED) is 0.286. The number of benzene rings is 3. The van der Waals surface area contributed by atoms with Crippen LogP contribution < -0.4 is 14.4 Å². The number of sulfonamides is 1. The van der Waals surface area contributed by atoms with Gasteiger partial charge in [-0.15, -0.1) is 0 Å². The van der Waals surface area contributed by atoms with Gasteiger partial charge < -0.3 is 15.0 Å². The molecule has 8 nitrogen and oxygen atoms in total. The summed E-state index contributed by atoms with van der Waals surface area (Å²) in [6.45, 7) is 1.56. The summed E-state index contributed by atoms with van der Waals surface area (Å²) >= 11 is 6.24. The van der Waals surface area contributed by atoms with Gasteiger partial charge in [-0.1, -0.05) is 91.0 Å². The maximum absolute atomic E-state index is 14.3. The van der Waals surface area contributed by atoms with Gasteiger partial charge in [-0.25, -0.2) is 8.42 Å². The Morgan fingerprint density at radius 3 is 2.28 bits per heavy atom. The summed E-state index contributed by atoms with van der Waals surface area (Å²) in [5.41, 5.74) is 2.93. The molecule has 1 saturated carbocycles. The molecule has 2 amide bonds. The Labute approximate surface area is 260 Å². The highest BCUT2D eigenvalue weighted by atomic mass is 35.5. The molecule has 0 aromatic heterocycles. The molecule has 43 heavy (non-hydrogen) atoms. The topological polar surface area (TPSA) is 96.0 Å². The number of hydrogen-bond donors (Lipinski definition) is 1. The molecular weight excluding hydrogens is 586 g/mol. The Balaban J connectivity index is 1.75. The van der Waals surface area contributed by atoms with E-state index >= 15 is 0 Å². The van der Waals surface area contributed by atoms with Gasteiger partial charge in [0.25, 0.3) is 0 Å². The molecule has 3 aromatic carbocycles. The maximum Gasteiger partial charge on any atom is 0.244 e. The van der Waals surface area contributed by atoms with Crippen molar-refractivity contribution in [2.24, 2.45) is 0 Å². The Morgan fingerprint density at radius 2 is 1.65 bits per heavy atom. The average Bonchev–Trinajstić information content (AvgIpc) is 2.99. The molecule has 0 heterocycles. The van der Waals surface area contributed by atoms with E-state index in [-0.39, 0.29) is 36.4 Å². The monoisotopic (exact) mass is 625 g/mol. The minimum atomic E-state index is -3.96. The molecule has 1 aliphatic rings. The van der Waals surface area contributed by atoms with Crippen molar-refractivity contribution in [2.75, 3.05) is 24.2 Å². The molecule has 1 N–H and O–H groups in total. The number of halogens is 1. The first-order chi connectivity index (χ1) is 20.5. The van der Waals surface area contributed by atoms with Gasteiger partial charge in [0.1, 0.15) is 18.3 Å². The molecule has 0 aliphatic heterocycles. The predicted octanol–water partition coefficient (Wildman–Crippen LogP) is 5.51. The van der Waals surface area contributed by atoms with Crippen LogP contribution in [0, 0.1) is 6.92 Å². The standard InChI is InChI=1S/C33H40ClN3O5S/c1-24-14-16-26(17-15-24)22-36(32(38)23-37(43(3,40)41)29-21-27(34)18-19-31(29)42-2)30(20-25-10-6-4-7-11-25)33(39)35-28-12-8-5-9-13-28/h4,6-7,10-11,14-19,21,28,30H,5,8-9,12-13,20,22-23H2,1-3H3,(H,35,39)/t30-/m1/s1. The summed E-state index contributed by atoms with van der Waals surface area (Å²) in [7, 11) is -2.53. The van der Waals surface area contributed by atoms with E-state index in [1.54, 1.807) is 12.1 Å². The fourth-order valence-corrected chi connectivity index (χ4v) is 6.45. The van der Waals surface area contributed by atoms with E-state index < -0.39 is 28.5 Å². The van der Waals surface area contributed by atoms with Crippen LogP contribution in [0.2, 0.25) is 5.02 Å². The van der Waals surface area contributed by atoms with Crippen LogP contribution in [0.1, 0.15) is 48.8 Å². The van der Waals surface area contributed by atoms with E-state index in [1.807, 2.05) is 61.5 Å². The number of nitrogens with one attached hydrogen (secondary N) is 1. The molecule has 0 radical (unpaired) electrons. The van der Waals surface area contributed by atoms with Gasteiger partial charge in [-0.2, -0.15) is 0 Å². The molecule has 10 heteroatoms. The van der Waals surface area contributed by atoms with Gasteiger partial charge in [0.2, 0.25) is 21.8 Å². The summed E-state index contributed by atoms with van der Waals surface area (Å²) in [4.78, 5) is 29.9. The predicted molar refractivity (Wildman–Crippen MR) is 171 cm³/mol.